The van der Waals surface area contributed by atoms with Crippen molar-refractivity contribution >= 4 is 29.9 Å². The molecule has 26 heavy (non-hydrogen) atoms. The first-order valence-corrected chi connectivity index (χ1v) is 9.29. The fourth-order valence-corrected chi connectivity index (χ4v) is 2.69. The normalized spacial score (nSPS) is 11.2. The topological polar surface area (TPSA) is 48.9 Å². The molecule has 0 aliphatic rings. The molecule has 2 N–H and O–H groups in total. The third-order valence-electron chi connectivity index (χ3n) is 4.19. The van der Waals surface area contributed by atoms with Crippen molar-refractivity contribution in [1.82, 2.24) is 15.5 Å². The molecule has 0 saturated carbocycles. The number of halogens is 1. The van der Waals surface area contributed by atoms with E-state index in [-0.39, 0.29) is 24.0 Å². The number of aryl methyl sites for hydroxylation is 1. The molecule has 0 bridgehead atoms. The number of ether oxygens (including phenoxy) is 1. The Morgan fingerprint density at radius 2 is 1.77 bits per heavy atom. The first kappa shape index (κ1) is 25.0. The van der Waals surface area contributed by atoms with Gasteiger partial charge in [0.1, 0.15) is 5.75 Å². The first-order chi connectivity index (χ1) is 12.1. The van der Waals surface area contributed by atoms with Crippen molar-refractivity contribution in [3.63, 3.8) is 0 Å². The van der Waals surface area contributed by atoms with Crippen molar-refractivity contribution in [2.75, 3.05) is 41.3 Å². The van der Waals surface area contributed by atoms with Gasteiger partial charge in [0, 0.05) is 25.7 Å². The van der Waals surface area contributed by atoms with Crippen LogP contribution in [0, 0.1) is 6.92 Å². The van der Waals surface area contributed by atoms with Gasteiger partial charge in [0.15, 0.2) is 5.96 Å². The average Bonchev–Trinajstić information content (AvgIpc) is 2.60. The van der Waals surface area contributed by atoms with Crippen molar-refractivity contribution in [1.29, 1.82) is 0 Å². The largest absolute Gasteiger partial charge is 0.496 e. The second-order valence-corrected chi connectivity index (χ2v) is 6.74. The smallest absolute Gasteiger partial charge is 0.191 e. The molecular weight excluding hydrogens is 439 g/mol. The van der Waals surface area contributed by atoms with Crippen molar-refractivity contribution in [2.45, 2.75) is 45.6 Å². The highest BCUT2D eigenvalue weighted by atomic mass is 127. The molecule has 0 saturated heterocycles. The standard InChI is InChI=1S/C20H36N4O.HI/c1-17-11-12-18(19(15-17)25-5)16-23-20(21-2)22-13-9-7-6-8-10-14-24(3)4;/h11-12,15H,6-10,13-14,16H2,1-5H3,(H2,21,22,23);1H. The Morgan fingerprint density at radius 3 is 2.42 bits per heavy atom. The molecule has 0 amide bonds. The number of methoxy groups -OCH3 is 1. The van der Waals surface area contributed by atoms with Crippen LogP contribution in [0.1, 0.15) is 43.2 Å². The summed E-state index contributed by atoms with van der Waals surface area (Å²) in [5.74, 6) is 1.76. The molecule has 0 heterocycles. The van der Waals surface area contributed by atoms with Crippen LogP contribution in [-0.4, -0.2) is 52.2 Å². The quantitative estimate of drug-likeness (QED) is 0.221. The van der Waals surface area contributed by atoms with E-state index in [0.29, 0.717) is 6.54 Å². The van der Waals surface area contributed by atoms with E-state index in [2.05, 4.69) is 59.7 Å². The van der Waals surface area contributed by atoms with Gasteiger partial charge >= 0.3 is 0 Å². The fourth-order valence-electron chi connectivity index (χ4n) is 2.69. The Hall–Kier alpha value is -1.02. The minimum atomic E-state index is 0. The molecule has 0 aliphatic carbocycles. The summed E-state index contributed by atoms with van der Waals surface area (Å²) in [4.78, 5) is 6.54. The maximum absolute atomic E-state index is 5.45. The van der Waals surface area contributed by atoms with Crippen molar-refractivity contribution < 1.29 is 4.74 Å². The summed E-state index contributed by atoms with van der Waals surface area (Å²) in [5, 5.41) is 6.74. The predicted molar refractivity (Wildman–Crippen MR) is 123 cm³/mol. The molecule has 1 aromatic rings. The summed E-state index contributed by atoms with van der Waals surface area (Å²) >= 11 is 0. The number of unbranched alkanes of at least 4 members (excludes halogenated alkanes) is 4. The van der Waals surface area contributed by atoms with Gasteiger partial charge in [-0.25, -0.2) is 0 Å². The number of hydrogen-bond acceptors (Lipinski definition) is 3. The number of aliphatic imine (C=N–C) groups is 1. The van der Waals surface area contributed by atoms with Crippen molar-refractivity contribution in [3.05, 3.63) is 29.3 Å². The molecule has 1 rings (SSSR count). The molecule has 150 valence electrons. The number of rotatable bonds is 11. The predicted octanol–water partition coefficient (Wildman–Crippen LogP) is 3.80. The van der Waals surface area contributed by atoms with E-state index in [1.165, 1.54) is 44.2 Å². The van der Waals surface area contributed by atoms with Crippen LogP contribution in [0.2, 0.25) is 0 Å². The van der Waals surface area contributed by atoms with Crippen LogP contribution in [0.5, 0.6) is 5.75 Å². The van der Waals surface area contributed by atoms with Crippen LogP contribution >= 0.6 is 24.0 Å². The van der Waals surface area contributed by atoms with Crippen LogP contribution in [0.4, 0.5) is 0 Å². The van der Waals surface area contributed by atoms with E-state index < -0.39 is 0 Å². The zero-order valence-electron chi connectivity index (χ0n) is 17.1. The molecule has 6 heteroatoms. The number of guanidine groups is 1. The highest BCUT2D eigenvalue weighted by Gasteiger charge is 2.04. The van der Waals surface area contributed by atoms with Crippen molar-refractivity contribution in [2.24, 2.45) is 4.99 Å². The molecule has 0 fully saturated rings. The number of nitrogens with zero attached hydrogens (tertiary/aromatic N) is 2. The molecule has 0 aromatic heterocycles. The lowest BCUT2D eigenvalue weighted by atomic mass is 10.1. The van der Waals surface area contributed by atoms with Gasteiger partial charge in [0.2, 0.25) is 0 Å². The van der Waals surface area contributed by atoms with Crippen LogP contribution in [0.3, 0.4) is 0 Å². The zero-order chi connectivity index (χ0) is 18.5. The number of hydrogen-bond donors (Lipinski definition) is 2. The maximum Gasteiger partial charge on any atom is 0.191 e. The maximum atomic E-state index is 5.45. The summed E-state index contributed by atoms with van der Waals surface area (Å²) < 4.78 is 5.45. The summed E-state index contributed by atoms with van der Waals surface area (Å²) in [6, 6.07) is 6.26. The van der Waals surface area contributed by atoms with Gasteiger partial charge < -0.3 is 20.3 Å². The van der Waals surface area contributed by atoms with E-state index in [1.807, 2.05) is 7.05 Å². The zero-order valence-corrected chi connectivity index (χ0v) is 19.4. The van der Waals surface area contributed by atoms with Gasteiger partial charge in [-0.1, -0.05) is 31.4 Å². The monoisotopic (exact) mass is 476 g/mol. The van der Waals surface area contributed by atoms with E-state index in [0.717, 1.165) is 23.8 Å². The van der Waals surface area contributed by atoms with E-state index >= 15 is 0 Å². The van der Waals surface area contributed by atoms with Crippen LogP contribution in [0.15, 0.2) is 23.2 Å². The van der Waals surface area contributed by atoms with Gasteiger partial charge in [-0.2, -0.15) is 0 Å². The Balaban J connectivity index is 0.00000625. The lowest BCUT2D eigenvalue weighted by Crippen LogP contribution is -2.37. The van der Waals surface area contributed by atoms with Gasteiger partial charge in [-0.3, -0.25) is 4.99 Å². The average molecular weight is 476 g/mol. The van der Waals surface area contributed by atoms with Gasteiger partial charge in [-0.15, -0.1) is 24.0 Å². The Bertz CT molecular complexity index is 521. The minimum absolute atomic E-state index is 0. The lowest BCUT2D eigenvalue weighted by Gasteiger charge is -2.14. The molecule has 0 atom stereocenters. The van der Waals surface area contributed by atoms with E-state index in [4.69, 9.17) is 4.74 Å². The second-order valence-electron chi connectivity index (χ2n) is 6.74. The molecular formula is C20H37IN4O. The third-order valence-corrected chi connectivity index (χ3v) is 4.19. The highest BCUT2D eigenvalue weighted by Crippen LogP contribution is 2.19. The Kier molecular flexibility index (Phi) is 14.5. The molecule has 1 aromatic carbocycles. The minimum Gasteiger partial charge on any atom is -0.496 e. The van der Waals surface area contributed by atoms with Crippen molar-refractivity contribution in [3.8, 4) is 5.75 Å². The number of benzene rings is 1. The van der Waals surface area contributed by atoms with Crippen LogP contribution < -0.4 is 15.4 Å². The van der Waals surface area contributed by atoms with Gasteiger partial charge in [0.25, 0.3) is 0 Å². The molecule has 0 unspecified atom stereocenters. The van der Waals surface area contributed by atoms with E-state index in [1.54, 1.807) is 7.11 Å². The molecule has 0 aliphatic heterocycles. The van der Waals surface area contributed by atoms with E-state index in [9.17, 15) is 0 Å². The lowest BCUT2D eigenvalue weighted by molar-refractivity contribution is 0.389. The summed E-state index contributed by atoms with van der Waals surface area (Å²) in [6.45, 7) is 4.92. The molecule has 5 nitrogen and oxygen atoms in total. The van der Waals surface area contributed by atoms with Crippen LogP contribution in [0.25, 0.3) is 0 Å². The molecule has 0 spiro atoms. The first-order valence-electron chi connectivity index (χ1n) is 9.29. The number of nitrogens with one attached hydrogen (secondary N) is 2. The Labute approximate surface area is 177 Å². The Morgan fingerprint density at radius 1 is 1.08 bits per heavy atom. The summed E-state index contributed by atoms with van der Waals surface area (Å²) in [5.41, 5.74) is 2.34. The molecule has 0 radical (unpaired) electrons. The second kappa shape index (κ2) is 15.1. The van der Waals surface area contributed by atoms with Gasteiger partial charge in [-0.05, 0) is 52.0 Å². The summed E-state index contributed by atoms with van der Waals surface area (Å²) in [6.07, 6.45) is 6.36. The SMILES string of the molecule is CN=C(NCCCCCCCN(C)C)NCc1ccc(C)cc1OC.I. The van der Waals surface area contributed by atoms with Crippen LogP contribution in [-0.2, 0) is 6.54 Å². The fraction of sp³-hybridized carbons (Fsp3) is 0.650. The summed E-state index contributed by atoms with van der Waals surface area (Å²) in [7, 11) is 7.79. The highest BCUT2D eigenvalue weighted by molar-refractivity contribution is 14.0. The third kappa shape index (κ3) is 10.9. The van der Waals surface area contributed by atoms with Gasteiger partial charge in [0.05, 0.1) is 7.11 Å².